The van der Waals surface area contributed by atoms with Crippen LogP contribution in [-0.2, 0) is 9.53 Å². The fraction of sp³-hybridized carbons (Fsp3) is 0.222. The predicted octanol–water partition coefficient (Wildman–Crippen LogP) is 3.26. The van der Waals surface area contributed by atoms with Crippen molar-refractivity contribution in [1.82, 2.24) is 0 Å². The second kappa shape index (κ2) is 7.53. The first-order valence-corrected chi connectivity index (χ1v) is 8.11. The lowest BCUT2D eigenvalue weighted by atomic mass is 10.2. The summed E-state index contributed by atoms with van der Waals surface area (Å²) in [6, 6.07) is 9.55. The number of hydrogen-bond acceptors (Lipinski definition) is 6. The van der Waals surface area contributed by atoms with Gasteiger partial charge in [0.05, 0.1) is 7.11 Å². The van der Waals surface area contributed by atoms with Crippen LogP contribution >= 0.6 is 11.6 Å². The molecule has 0 fully saturated rings. The molecule has 7 nitrogen and oxygen atoms in total. The summed E-state index contributed by atoms with van der Waals surface area (Å²) >= 11 is 5.91. The Morgan fingerprint density at radius 2 is 1.92 bits per heavy atom. The highest BCUT2D eigenvalue weighted by Crippen LogP contribution is 2.34. The van der Waals surface area contributed by atoms with Gasteiger partial charge in [-0.1, -0.05) is 11.6 Å². The minimum absolute atomic E-state index is 0.141. The van der Waals surface area contributed by atoms with Crippen LogP contribution in [-0.4, -0.2) is 31.9 Å². The smallest absolute Gasteiger partial charge is 0.342 e. The van der Waals surface area contributed by atoms with Crippen molar-refractivity contribution in [3.05, 3.63) is 47.0 Å². The zero-order valence-electron chi connectivity index (χ0n) is 14.1. The van der Waals surface area contributed by atoms with Crippen molar-refractivity contribution in [2.24, 2.45) is 0 Å². The molecule has 0 saturated heterocycles. The Balaban J connectivity index is 1.66. The van der Waals surface area contributed by atoms with Gasteiger partial charge in [0.15, 0.2) is 17.6 Å². The van der Waals surface area contributed by atoms with Gasteiger partial charge in [-0.15, -0.1) is 0 Å². The normalized spacial score (nSPS) is 13.0. The largest absolute Gasteiger partial charge is 0.496 e. The van der Waals surface area contributed by atoms with E-state index in [0.717, 1.165) is 0 Å². The number of rotatable bonds is 5. The maximum absolute atomic E-state index is 12.3. The Morgan fingerprint density at radius 3 is 2.69 bits per heavy atom. The van der Waals surface area contributed by atoms with Crippen LogP contribution in [0.15, 0.2) is 36.4 Å². The fourth-order valence-corrected chi connectivity index (χ4v) is 2.51. The third kappa shape index (κ3) is 3.83. The highest BCUT2D eigenvalue weighted by atomic mass is 35.5. The number of esters is 1. The Bertz CT molecular complexity index is 854. The van der Waals surface area contributed by atoms with Gasteiger partial charge in [0.1, 0.15) is 11.3 Å². The Hall–Kier alpha value is -2.93. The van der Waals surface area contributed by atoms with E-state index in [1.807, 2.05) is 0 Å². The molecule has 0 saturated carbocycles. The van der Waals surface area contributed by atoms with Gasteiger partial charge >= 0.3 is 5.97 Å². The quantitative estimate of drug-likeness (QED) is 0.805. The van der Waals surface area contributed by atoms with Gasteiger partial charge in [-0.3, -0.25) is 4.79 Å². The Labute approximate surface area is 154 Å². The molecule has 2 aromatic rings. The summed E-state index contributed by atoms with van der Waals surface area (Å²) < 4.78 is 20.8. The monoisotopic (exact) mass is 377 g/mol. The Kier molecular flexibility index (Phi) is 5.18. The van der Waals surface area contributed by atoms with Crippen molar-refractivity contribution in [3.8, 4) is 17.2 Å². The molecule has 1 N–H and O–H groups in total. The van der Waals surface area contributed by atoms with Gasteiger partial charge < -0.3 is 24.3 Å². The van der Waals surface area contributed by atoms with Crippen molar-refractivity contribution in [2.45, 2.75) is 13.0 Å². The first-order chi connectivity index (χ1) is 12.5. The van der Waals surface area contributed by atoms with Crippen LogP contribution in [0.25, 0.3) is 0 Å². The minimum atomic E-state index is -1.03. The van der Waals surface area contributed by atoms with E-state index in [1.165, 1.54) is 20.1 Å². The molecule has 1 aliphatic heterocycles. The van der Waals surface area contributed by atoms with Crippen LogP contribution in [0.5, 0.6) is 17.2 Å². The van der Waals surface area contributed by atoms with Crippen molar-refractivity contribution in [3.63, 3.8) is 0 Å². The molecular formula is C18H16ClNO6. The number of ether oxygens (including phenoxy) is 4. The molecule has 26 heavy (non-hydrogen) atoms. The predicted molar refractivity (Wildman–Crippen MR) is 94.1 cm³/mol. The molecule has 0 radical (unpaired) electrons. The average molecular weight is 378 g/mol. The lowest BCUT2D eigenvalue weighted by Crippen LogP contribution is -2.30. The van der Waals surface area contributed by atoms with Crippen molar-refractivity contribution in [2.75, 3.05) is 19.2 Å². The van der Waals surface area contributed by atoms with E-state index >= 15 is 0 Å². The molecule has 1 aliphatic rings. The van der Waals surface area contributed by atoms with Crippen LogP contribution in [0.4, 0.5) is 5.69 Å². The van der Waals surface area contributed by atoms with E-state index in [1.54, 1.807) is 30.3 Å². The molecule has 3 rings (SSSR count). The number of carbonyl (C=O) groups excluding carboxylic acids is 2. The summed E-state index contributed by atoms with van der Waals surface area (Å²) in [7, 11) is 1.43. The highest BCUT2D eigenvalue weighted by molar-refractivity contribution is 6.31. The number of nitrogens with one attached hydrogen (secondary N) is 1. The van der Waals surface area contributed by atoms with E-state index in [2.05, 4.69) is 5.32 Å². The molecule has 1 atom stereocenters. The molecule has 0 unspecified atom stereocenters. The molecule has 0 bridgehead atoms. The second-order valence-electron chi connectivity index (χ2n) is 5.45. The molecule has 136 valence electrons. The van der Waals surface area contributed by atoms with Crippen molar-refractivity contribution < 1.29 is 28.5 Å². The molecule has 0 spiro atoms. The molecule has 0 aliphatic carbocycles. The zero-order chi connectivity index (χ0) is 18.7. The maximum atomic E-state index is 12.3. The summed E-state index contributed by atoms with van der Waals surface area (Å²) in [5.41, 5.74) is 0.644. The zero-order valence-corrected chi connectivity index (χ0v) is 14.8. The SMILES string of the molecule is COc1ccc(Cl)cc1C(=O)O[C@H](C)C(=O)Nc1ccc2c(c1)OCO2. The number of fused-ring (bicyclic) bond motifs is 1. The van der Waals surface area contributed by atoms with E-state index in [4.69, 9.17) is 30.5 Å². The molecule has 1 amide bonds. The fourth-order valence-electron chi connectivity index (χ4n) is 2.34. The number of anilines is 1. The van der Waals surface area contributed by atoms with Gasteiger partial charge in [-0.2, -0.15) is 0 Å². The van der Waals surface area contributed by atoms with E-state index in [-0.39, 0.29) is 12.4 Å². The minimum Gasteiger partial charge on any atom is -0.496 e. The lowest BCUT2D eigenvalue weighted by molar-refractivity contribution is -0.123. The topological polar surface area (TPSA) is 83.1 Å². The van der Waals surface area contributed by atoms with Gasteiger partial charge in [0.25, 0.3) is 5.91 Å². The van der Waals surface area contributed by atoms with Gasteiger partial charge in [-0.25, -0.2) is 4.79 Å². The number of amides is 1. The number of hydrogen-bond donors (Lipinski definition) is 1. The lowest BCUT2D eigenvalue weighted by Gasteiger charge is -2.15. The van der Waals surface area contributed by atoms with Crippen LogP contribution < -0.4 is 19.5 Å². The Morgan fingerprint density at radius 1 is 1.15 bits per heavy atom. The average Bonchev–Trinajstić information content (AvgIpc) is 3.09. The molecule has 8 heteroatoms. The van der Waals surface area contributed by atoms with Crippen molar-refractivity contribution in [1.29, 1.82) is 0 Å². The van der Waals surface area contributed by atoms with Crippen LogP contribution in [0.1, 0.15) is 17.3 Å². The molecule has 1 heterocycles. The third-order valence-corrected chi connectivity index (χ3v) is 3.91. The molecular weight excluding hydrogens is 362 g/mol. The van der Waals surface area contributed by atoms with Crippen LogP contribution in [0.3, 0.4) is 0 Å². The summed E-state index contributed by atoms with van der Waals surface area (Å²) in [6.07, 6.45) is -1.03. The standard InChI is InChI=1S/C18H16ClNO6/c1-10(26-18(22)13-7-11(19)3-5-14(13)23-2)17(21)20-12-4-6-15-16(8-12)25-9-24-15/h3-8,10H,9H2,1-2H3,(H,20,21)/t10-/m1/s1. The van der Waals surface area contributed by atoms with E-state index in [9.17, 15) is 9.59 Å². The first-order valence-electron chi connectivity index (χ1n) is 7.73. The van der Waals surface area contributed by atoms with Gasteiger partial charge in [0.2, 0.25) is 6.79 Å². The number of benzene rings is 2. The van der Waals surface area contributed by atoms with Gasteiger partial charge in [0, 0.05) is 16.8 Å². The highest BCUT2D eigenvalue weighted by Gasteiger charge is 2.22. The van der Waals surface area contributed by atoms with Gasteiger partial charge in [-0.05, 0) is 37.3 Å². The summed E-state index contributed by atoms with van der Waals surface area (Å²) in [4.78, 5) is 24.6. The van der Waals surface area contributed by atoms with Crippen LogP contribution in [0.2, 0.25) is 5.02 Å². The maximum Gasteiger partial charge on any atom is 0.342 e. The number of carbonyl (C=O) groups is 2. The molecule has 0 aromatic heterocycles. The second-order valence-corrected chi connectivity index (χ2v) is 5.89. The third-order valence-electron chi connectivity index (χ3n) is 3.67. The summed E-state index contributed by atoms with van der Waals surface area (Å²) in [5, 5.41) is 3.02. The van der Waals surface area contributed by atoms with E-state index in [0.29, 0.717) is 28.0 Å². The first kappa shape index (κ1) is 17.9. The van der Waals surface area contributed by atoms with Crippen molar-refractivity contribution >= 4 is 29.2 Å². The van der Waals surface area contributed by atoms with Crippen LogP contribution in [0, 0.1) is 0 Å². The number of methoxy groups -OCH3 is 1. The van der Waals surface area contributed by atoms with E-state index < -0.39 is 18.0 Å². The molecule has 2 aromatic carbocycles. The summed E-state index contributed by atoms with van der Waals surface area (Å²) in [6.45, 7) is 1.61. The number of halogens is 1. The summed E-state index contributed by atoms with van der Waals surface area (Å²) in [5.74, 6) is 0.255.